The summed E-state index contributed by atoms with van der Waals surface area (Å²) in [5, 5.41) is 0. The van der Waals surface area contributed by atoms with E-state index in [1.165, 1.54) is 49.4 Å². The van der Waals surface area contributed by atoms with E-state index in [1.54, 1.807) is 5.57 Å². The third-order valence-corrected chi connectivity index (χ3v) is 4.85. The summed E-state index contributed by atoms with van der Waals surface area (Å²) in [4.78, 5) is 0. The van der Waals surface area contributed by atoms with Crippen molar-refractivity contribution < 1.29 is 0 Å². The molecule has 0 fully saturated rings. The molecule has 0 bridgehead atoms. The summed E-state index contributed by atoms with van der Waals surface area (Å²) in [5.74, 6) is 1.57. The Kier molecular flexibility index (Phi) is 6.97. The van der Waals surface area contributed by atoms with Crippen LogP contribution in [0.3, 0.4) is 0 Å². The Labute approximate surface area is 131 Å². The van der Waals surface area contributed by atoms with Gasteiger partial charge in [-0.15, -0.1) is 0 Å². The number of halogens is 1. The summed E-state index contributed by atoms with van der Waals surface area (Å²) >= 11 is 2.47. The minimum atomic E-state index is 0.785. The second kappa shape index (κ2) is 8.78. The second-order valence-electron chi connectivity index (χ2n) is 5.67. The van der Waals surface area contributed by atoms with Gasteiger partial charge in [0.05, 0.1) is 0 Å². The Morgan fingerprint density at radius 2 is 1.84 bits per heavy atom. The van der Waals surface area contributed by atoms with E-state index in [0.29, 0.717) is 0 Å². The molecular weight excluding hydrogens is 343 g/mol. The van der Waals surface area contributed by atoms with Crippen molar-refractivity contribution in [1.29, 1.82) is 0 Å². The van der Waals surface area contributed by atoms with Gasteiger partial charge >= 0.3 is 0 Å². The number of alkyl halides is 1. The normalized spacial score (nSPS) is 25.6. The van der Waals surface area contributed by atoms with Gasteiger partial charge in [0, 0.05) is 0 Å². The molecule has 0 saturated heterocycles. The van der Waals surface area contributed by atoms with Crippen molar-refractivity contribution in [1.82, 2.24) is 0 Å². The van der Waals surface area contributed by atoms with Gasteiger partial charge in [0.1, 0.15) is 0 Å². The molecule has 0 aromatic rings. The molecule has 1 heteroatoms. The smallest absolute Gasteiger partial charge is 0.000461 e. The van der Waals surface area contributed by atoms with Crippen LogP contribution in [0.25, 0.3) is 0 Å². The van der Waals surface area contributed by atoms with E-state index < -0.39 is 0 Å². The topological polar surface area (TPSA) is 0 Å². The van der Waals surface area contributed by atoms with Crippen LogP contribution in [0.2, 0.25) is 0 Å². The van der Waals surface area contributed by atoms with E-state index in [-0.39, 0.29) is 0 Å². The first kappa shape index (κ1) is 15.1. The van der Waals surface area contributed by atoms with Crippen LogP contribution in [-0.4, -0.2) is 4.43 Å². The van der Waals surface area contributed by atoms with E-state index >= 15 is 0 Å². The molecule has 2 rings (SSSR count). The van der Waals surface area contributed by atoms with Crippen LogP contribution in [0.5, 0.6) is 0 Å². The minimum absolute atomic E-state index is 0.785. The summed E-state index contributed by atoms with van der Waals surface area (Å²) in [7, 11) is 0. The van der Waals surface area contributed by atoms with Crippen LogP contribution in [0.15, 0.2) is 48.1 Å². The lowest BCUT2D eigenvalue weighted by Gasteiger charge is -2.19. The number of unbranched alkanes of at least 4 members (excludes halogenated alkanes) is 1. The summed E-state index contributed by atoms with van der Waals surface area (Å²) in [6, 6.07) is 0. The second-order valence-corrected chi connectivity index (χ2v) is 6.74. The van der Waals surface area contributed by atoms with Crippen LogP contribution >= 0.6 is 22.6 Å². The van der Waals surface area contributed by atoms with Gasteiger partial charge in [0.15, 0.2) is 0 Å². The van der Waals surface area contributed by atoms with Crippen molar-refractivity contribution >= 4 is 22.6 Å². The summed E-state index contributed by atoms with van der Waals surface area (Å²) in [6.07, 6.45) is 25.6. The monoisotopic (exact) mass is 368 g/mol. The Bertz CT molecular complexity index is 373. The molecular formula is C18H25I. The van der Waals surface area contributed by atoms with Gasteiger partial charge in [-0.1, -0.05) is 70.7 Å². The highest BCUT2D eigenvalue weighted by Gasteiger charge is 2.12. The highest BCUT2D eigenvalue weighted by molar-refractivity contribution is 14.1. The highest BCUT2D eigenvalue weighted by Crippen LogP contribution is 2.27. The van der Waals surface area contributed by atoms with Crippen LogP contribution in [0.1, 0.15) is 44.9 Å². The molecule has 0 radical (unpaired) electrons. The van der Waals surface area contributed by atoms with E-state index in [4.69, 9.17) is 0 Å². The van der Waals surface area contributed by atoms with Crippen molar-refractivity contribution in [2.75, 3.05) is 4.43 Å². The fraction of sp³-hybridized carbons (Fsp3) is 0.556. The van der Waals surface area contributed by atoms with E-state index in [0.717, 1.165) is 11.8 Å². The molecule has 0 aromatic heterocycles. The summed E-state index contributed by atoms with van der Waals surface area (Å²) < 4.78 is 1.29. The molecule has 0 heterocycles. The van der Waals surface area contributed by atoms with Crippen LogP contribution in [0.4, 0.5) is 0 Å². The lowest BCUT2D eigenvalue weighted by molar-refractivity contribution is 0.486. The maximum absolute atomic E-state index is 2.48. The van der Waals surface area contributed by atoms with Crippen molar-refractivity contribution in [3.63, 3.8) is 0 Å². The molecule has 0 nitrogen and oxygen atoms in total. The fourth-order valence-electron chi connectivity index (χ4n) is 2.81. The van der Waals surface area contributed by atoms with Crippen molar-refractivity contribution in [2.45, 2.75) is 44.9 Å². The SMILES string of the molecule is ICCCCC1=CCC(CCC2C=CC=CC2)C=C1. The number of hydrogen-bond donors (Lipinski definition) is 0. The van der Waals surface area contributed by atoms with Crippen LogP contribution < -0.4 is 0 Å². The van der Waals surface area contributed by atoms with E-state index in [9.17, 15) is 0 Å². The van der Waals surface area contributed by atoms with Gasteiger partial charge in [-0.25, -0.2) is 0 Å². The molecule has 0 aromatic carbocycles. The van der Waals surface area contributed by atoms with Gasteiger partial charge in [-0.05, 0) is 61.2 Å². The molecule has 0 spiro atoms. The van der Waals surface area contributed by atoms with Gasteiger partial charge in [-0.3, -0.25) is 0 Å². The fourth-order valence-corrected chi connectivity index (χ4v) is 3.35. The predicted octanol–water partition coefficient (Wildman–Crippen LogP) is 6.01. The molecule has 104 valence electrons. The zero-order chi connectivity index (χ0) is 13.3. The molecule has 0 aliphatic heterocycles. The molecule has 0 amide bonds. The summed E-state index contributed by atoms with van der Waals surface area (Å²) in [5.41, 5.74) is 1.57. The maximum atomic E-state index is 2.48. The van der Waals surface area contributed by atoms with Crippen molar-refractivity contribution in [3.05, 3.63) is 48.1 Å². The standard InChI is InChI=1S/C18H25I/c19-15-5-4-8-17-10-13-18(14-11-17)12-9-16-6-2-1-3-7-16/h1-3,6,10-11,13,16,18H,4-5,7-9,12,14-15H2. The number of rotatable bonds is 7. The minimum Gasteiger partial charge on any atom is -0.0864 e. The van der Waals surface area contributed by atoms with Crippen molar-refractivity contribution in [3.8, 4) is 0 Å². The first-order chi connectivity index (χ1) is 9.38. The number of hydrogen-bond acceptors (Lipinski definition) is 0. The maximum Gasteiger partial charge on any atom is -0.000461 e. The molecule has 2 aliphatic rings. The Hall–Kier alpha value is -0.310. The van der Waals surface area contributed by atoms with E-state index in [1.807, 2.05) is 0 Å². The summed E-state index contributed by atoms with van der Waals surface area (Å²) in [6.45, 7) is 0. The molecule has 0 saturated carbocycles. The van der Waals surface area contributed by atoms with Crippen molar-refractivity contribution in [2.24, 2.45) is 11.8 Å². The third-order valence-electron chi connectivity index (χ3n) is 4.09. The largest absolute Gasteiger partial charge is 0.0864 e. The Morgan fingerprint density at radius 1 is 1.00 bits per heavy atom. The zero-order valence-corrected chi connectivity index (χ0v) is 13.9. The molecule has 2 aliphatic carbocycles. The van der Waals surface area contributed by atoms with Gasteiger partial charge in [-0.2, -0.15) is 0 Å². The molecule has 19 heavy (non-hydrogen) atoms. The zero-order valence-electron chi connectivity index (χ0n) is 11.7. The number of allylic oxidation sites excluding steroid dienone is 8. The average molecular weight is 368 g/mol. The highest BCUT2D eigenvalue weighted by atomic mass is 127. The molecule has 2 unspecified atom stereocenters. The average Bonchev–Trinajstić information content (AvgIpc) is 2.48. The van der Waals surface area contributed by atoms with Crippen LogP contribution in [-0.2, 0) is 0 Å². The lowest BCUT2D eigenvalue weighted by atomic mass is 9.87. The van der Waals surface area contributed by atoms with Gasteiger partial charge in [0.2, 0.25) is 0 Å². The van der Waals surface area contributed by atoms with Gasteiger partial charge in [0.25, 0.3) is 0 Å². The Balaban J connectivity index is 1.64. The van der Waals surface area contributed by atoms with Gasteiger partial charge < -0.3 is 0 Å². The molecule has 2 atom stereocenters. The predicted molar refractivity (Wildman–Crippen MR) is 93.7 cm³/mol. The first-order valence-electron chi connectivity index (χ1n) is 7.65. The molecule has 0 N–H and O–H groups in total. The quantitative estimate of drug-likeness (QED) is 0.293. The van der Waals surface area contributed by atoms with Crippen LogP contribution in [0, 0.1) is 11.8 Å². The lowest BCUT2D eigenvalue weighted by Crippen LogP contribution is -2.05. The third kappa shape index (κ3) is 5.68. The Morgan fingerprint density at radius 3 is 2.47 bits per heavy atom. The van der Waals surface area contributed by atoms with E-state index in [2.05, 4.69) is 65.1 Å². The first-order valence-corrected chi connectivity index (χ1v) is 9.17.